The Bertz CT molecular complexity index is 856. The van der Waals surface area contributed by atoms with Crippen LogP contribution in [0.5, 0.6) is 5.75 Å². The second-order valence-corrected chi connectivity index (χ2v) is 8.10. The van der Waals surface area contributed by atoms with E-state index >= 15 is 0 Å². The van der Waals surface area contributed by atoms with Crippen molar-refractivity contribution in [3.63, 3.8) is 0 Å². The molecule has 1 fully saturated rings. The minimum atomic E-state index is -0.221. The Morgan fingerprint density at radius 3 is 2.57 bits per heavy atom. The van der Waals surface area contributed by atoms with Gasteiger partial charge in [-0.1, -0.05) is 18.2 Å². The minimum absolute atomic E-state index is 0.00126. The molecule has 1 N–H and O–H groups in total. The first-order valence-electron chi connectivity index (χ1n) is 10.6. The number of aryl methyl sites for hydroxylation is 1. The number of hydrogen-bond acceptors (Lipinski definition) is 4. The lowest BCUT2D eigenvalue weighted by Gasteiger charge is -2.44. The van der Waals surface area contributed by atoms with E-state index in [1.54, 1.807) is 0 Å². The number of benzene rings is 2. The number of ether oxygens (including phenoxy) is 1. The average molecular weight is 414 g/mol. The van der Waals surface area contributed by atoms with Crippen molar-refractivity contribution in [2.45, 2.75) is 46.3 Å². The van der Waals surface area contributed by atoms with Crippen LogP contribution < -0.4 is 10.1 Å². The van der Waals surface area contributed by atoms with Crippen LogP contribution >= 0.6 is 0 Å². The fraction of sp³-hybridized carbons (Fsp3) is 0.458. The summed E-state index contributed by atoms with van der Waals surface area (Å²) in [5.41, 5.74) is 3.25. The van der Waals surface area contributed by atoms with Gasteiger partial charge in [0.25, 0.3) is 5.91 Å². The number of anilines is 1. The largest absolute Gasteiger partial charge is 0.484 e. The number of piperazine rings is 1. The number of amides is 1. The van der Waals surface area contributed by atoms with Crippen molar-refractivity contribution in [3.8, 4) is 5.75 Å². The second kappa shape index (κ2) is 9.94. The summed E-state index contributed by atoms with van der Waals surface area (Å²) in [7, 11) is 0. The van der Waals surface area contributed by atoms with Crippen molar-refractivity contribution in [2.24, 2.45) is 0 Å². The van der Waals surface area contributed by atoms with E-state index in [1.165, 1.54) is 12.1 Å². The molecule has 1 aliphatic rings. The highest BCUT2D eigenvalue weighted by molar-refractivity contribution is 5.78. The molecule has 0 saturated carbocycles. The van der Waals surface area contributed by atoms with E-state index in [9.17, 15) is 9.18 Å². The maximum absolute atomic E-state index is 13.1. The predicted octanol–water partition coefficient (Wildman–Crippen LogP) is 4.07. The van der Waals surface area contributed by atoms with E-state index in [4.69, 9.17) is 4.74 Å². The second-order valence-electron chi connectivity index (χ2n) is 8.10. The molecule has 1 saturated heterocycles. The normalized spacial score (nSPS) is 19.6. The molecule has 2 aromatic rings. The summed E-state index contributed by atoms with van der Waals surface area (Å²) in [4.78, 5) is 17.1. The first-order chi connectivity index (χ1) is 14.4. The number of rotatable bonds is 7. The van der Waals surface area contributed by atoms with Gasteiger partial charge >= 0.3 is 0 Å². The van der Waals surface area contributed by atoms with Gasteiger partial charge in [0.15, 0.2) is 6.61 Å². The van der Waals surface area contributed by atoms with Crippen molar-refractivity contribution in [3.05, 3.63) is 59.4 Å². The Morgan fingerprint density at radius 2 is 1.87 bits per heavy atom. The summed E-state index contributed by atoms with van der Waals surface area (Å²) in [6.45, 7) is 11.3. The van der Waals surface area contributed by atoms with Crippen LogP contribution in [0.2, 0.25) is 0 Å². The van der Waals surface area contributed by atoms with Gasteiger partial charge in [-0.25, -0.2) is 4.39 Å². The highest BCUT2D eigenvalue weighted by Crippen LogP contribution is 2.23. The number of carbonyl (C=O) groups excluding carboxylic acids is 1. The van der Waals surface area contributed by atoms with E-state index in [1.807, 2.05) is 42.2 Å². The molecule has 1 amide bonds. The van der Waals surface area contributed by atoms with Crippen molar-refractivity contribution in [2.75, 3.05) is 31.6 Å². The van der Waals surface area contributed by atoms with Gasteiger partial charge in [0.05, 0.1) is 0 Å². The number of halogens is 1. The number of nitrogens with zero attached hydrogens (tertiary/aromatic N) is 2. The summed E-state index contributed by atoms with van der Waals surface area (Å²) in [6, 6.07) is 12.8. The topological polar surface area (TPSA) is 44.8 Å². The molecule has 0 aliphatic carbocycles. The average Bonchev–Trinajstić information content (AvgIpc) is 2.72. The highest BCUT2D eigenvalue weighted by atomic mass is 19.1. The third-order valence-electron chi connectivity index (χ3n) is 5.67. The smallest absolute Gasteiger partial charge is 0.260 e. The molecule has 2 aromatic carbocycles. The Labute approximate surface area is 178 Å². The molecule has 0 aromatic heterocycles. The van der Waals surface area contributed by atoms with Crippen molar-refractivity contribution in [1.29, 1.82) is 0 Å². The molecule has 5 nitrogen and oxygen atoms in total. The zero-order chi connectivity index (χ0) is 21.7. The molecular formula is C24H32FN3O2. The van der Waals surface area contributed by atoms with E-state index < -0.39 is 0 Å². The Morgan fingerprint density at radius 1 is 1.13 bits per heavy atom. The summed E-state index contributed by atoms with van der Waals surface area (Å²) in [6.07, 6.45) is 0. The standard InChI is InChI=1S/C24H32FN3O2/c1-5-26-23-12-22(11-6-17(23)2)30-16-24(29)28-14-18(3)27(13-19(28)4)15-20-7-9-21(25)10-8-20/h6-12,18-19,26H,5,13-16H2,1-4H3/t18-,19+/m1/s1. The lowest BCUT2D eigenvalue weighted by Crippen LogP contribution is -2.58. The molecule has 6 heteroatoms. The van der Waals surface area contributed by atoms with Crippen LogP contribution in [-0.4, -0.2) is 54.0 Å². The van der Waals surface area contributed by atoms with Gasteiger partial charge < -0.3 is 15.0 Å². The number of carbonyl (C=O) groups is 1. The third-order valence-corrected chi connectivity index (χ3v) is 5.67. The van der Waals surface area contributed by atoms with Crippen LogP contribution in [0.3, 0.4) is 0 Å². The van der Waals surface area contributed by atoms with Crippen molar-refractivity contribution in [1.82, 2.24) is 9.80 Å². The summed E-state index contributed by atoms with van der Waals surface area (Å²) >= 11 is 0. The molecule has 0 radical (unpaired) electrons. The lowest BCUT2D eigenvalue weighted by molar-refractivity contribution is -0.139. The van der Waals surface area contributed by atoms with E-state index in [0.717, 1.165) is 36.4 Å². The van der Waals surface area contributed by atoms with Gasteiger partial charge in [-0.05, 0) is 57.0 Å². The van der Waals surface area contributed by atoms with Crippen LogP contribution in [0.15, 0.2) is 42.5 Å². The van der Waals surface area contributed by atoms with E-state index in [2.05, 4.69) is 31.0 Å². The predicted molar refractivity (Wildman–Crippen MR) is 118 cm³/mol. The minimum Gasteiger partial charge on any atom is -0.484 e. The zero-order valence-corrected chi connectivity index (χ0v) is 18.3. The van der Waals surface area contributed by atoms with Gasteiger partial charge in [0.1, 0.15) is 11.6 Å². The third kappa shape index (κ3) is 5.51. The maximum Gasteiger partial charge on any atom is 0.260 e. The van der Waals surface area contributed by atoms with Crippen LogP contribution in [0.4, 0.5) is 10.1 Å². The van der Waals surface area contributed by atoms with Crippen LogP contribution in [0, 0.1) is 12.7 Å². The Hall–Kier alpha value is -2.60. The molecule has 0 spiro atoms. The summed E-state index contributed by atoms with van der Waals surface area (Å²) in [5, 5.41) is 3.31. The van der Waals surface area contributed by atoms with Crippen molar-refractivity contribution < 1.29 is 13.9 Å². The van der Waals surface area contributed by atoms with E-state index in [-0.39, 0.29) is 30.4 Å². The molecule has 2 atom stereocenters. The molecule has 1 heterocycles. The molecular weight excluding hydrogens is 381 g/mol. The fourth-order valence-corrected chi connectivity index (χ4v) is 3.89. The van der Waals surface area contributed by atoms with Crippen LogP contribution in [-0.2, 0) is 11.3 Å². The SMILES string of the molecule is CCNc1cc(OCC(=O)N2C[C@@H](C)N(Cc3ccc(F)cc3)C[C@@H]2C)ccc1C. The van der Waals surface area contributed by atoms with Crippen LogP contribution in [0.1, 0.15) is 31.9 Å². The van der Waals surface area contributed by atoms with Gasteiger partial charge in [0, 0.05) is 50.0 Å². The number of hydrogen-bond donors (Lipinski definition) is 1. The quantitative estimate of drug-likeness (QED) is 0.743. The summed E-state index contributed by atoms with van der Waals surface area (Å²) < 4.78 is 18.9. The van der Waals surface area contributed by atoms with E-state index in [0.29, 0.717) is 12.3 Å². The summed E-state index contributed by atoms with van der Waals surface area (Å²) in [5.74, 6) is 0.476. The first-order valence-corrected chi connectivity index (χ1v) is 10.6. The zero-order valence-electron chi connectivity index (χ0n) is 18.3. The Balaban J connectivity index is 1.56. The first kappa shape index (κ1) is 22.1. The molecule has 3 rings (SSSR count). The van der Waals surface area contributed by atoms with Gasteiger partial charge in [0.2, 0.25) is 0 Å². The fourth-order valence-electron chi connectivity index (χ4n) is 3.89. The van der Waals surface area contributed by atoms with Gasteiger partial charge in [-0.15, -0.1) is 0 Å². The highest BCUT2D eigenvalue weighted by Gasteiger charge is 2.32. The molecule has 1 aliphatic heterocycles. The van der Waals surface area contributed by atoms with Gasteiger partial charge in [-0.3, -0.25) is 9.69 Å². The lowest BCUT2D eigenvalue weighted by atomic mass is 10.1. The maximum atomic E-state index is 13.1. The molecule has 162 valence electrons. The van der Waals surface area contributed by atoms with Crippen LogP contribution in [0.25, 0.3) is 0 Å². The molecule has 30 heavy (non-hydrogen) atoms. The Kier molecular flexibility index (Phi) is 7.32. The monoisotopic (exact) mass is 413 g/mol. The van der Waals surface area contributed by atoms with Gasteiger partial charge in [-0.2, -0.15) is 0 Å². The van der Waals surface area contributed by atoms with Crippen molar-refractivity contribution >= 4 is 11.6 Å². The molecule has 0 bridgehead atoms. The molecule has 0 unspecified atom stereocenters. The number of nitrogens with one attached hydrogen (secondary N) is 1.